The SMILES string of the molecule is CCCCN(CCCC)c1ccc(/C=C/C=C/C2(C)CC=C(C=O)S2)c(OC)c1. The molecule has 1 unspecified atom stereocenters. The van der Waals surface area contributed by atoms with E-state index in [1.165, 1.54) is 31.4 Å². The molecule has 2 rings (SSSR count). The molecule has 0 aromatic heterocycles. The van der Waals surface area contributed by atoms with E-state index >= 15 is 0 Å². The van der Waals surface area contributed by atoms with Gasteiger partial charge in [-0.15, -0.1) is 11.8 Å². The summed E-state index contributed by atoms with van der Waals surface area (Å²) in [4.78, 5) is 14.2. The van der Waals surface area contributed by atoms with Gasteiger partial charge in [0.15, 0.2) is 6.29 Å². The minimum atomic E-state index is -0.0341. The maximum atomic E-state index is 10.9. The summed E-state index contributed by atoms with van der Waals surface area (Å²) in [7, 11) is 1.73. The maximum Gasteiger partial charge on any atom is 0.156 e. The molecule has 29 heavy (non-hydrogen) atoms. The van der Waals surface area contributed by atoms with Crippen molar-refractivity contribution in [3.63, 3.8) is 0 Å². The molecular formula is C25H35NO2S. The Morgan fingerprint density at radius 2 is 1.90 bits per heavy atom. The van der Waals surface area contributed by atoms with Crippen LogP contribution in [0.3, 0.4) is 0 Å². The van der Waals surface area contributed by atoms with Gasteiger partial charge in [0.05, 0.1) is 7.11 Å². The molecule has 0 amide bonds. The van der Waals surface area contributed by atoms with Crippen molar-refractivity contribution in [2.24, 2.45) is 0 Å². The summed E-state index contributed by atoms with van der Waals surface area (Å²) in [6, 6.07) is 6.50. The van der Waals surface area contributed by atoms with Crippen LogP contribution in [0.4, 0.5) is 5.69 Å². The number of carbonyl (C=O) groups is 1. The molecule has 1 heterocycles. The molecule has 0 radical (unpaired) electrons. The molecule has 4 heteroatoms. The largest absolute Gasteiger partial charge is 0.496 e. The van der Waals surface area contributed by atoms with Crippen molar-refractivity contribution in [1.29, 1.82) is 0 Å². The molecule has 0 fully saturated rings. The van der Waals surface area contributed by atoms with Gasteiger partial charge in [0.2, 0.25) is 0 Å². The van der Waals surface area contributed by atoms with Gasteiger partial charge in [0.1, 0.15) is 5.75 Å². The van der Waals surface area contributed by atoms with Crippen LogP contribution in [0.1, 0.15) is 58.4 Å². The Morgan fingerprint density at radius 3 is 2.48 bits per heavy atom. The lowest BCUT2D eigenvalue weighted by atomic mass is 10.1. The summed E-state index contributed by atoms with van der Waals surface area (Å²) >= 11 is 1.63. The number of allylic oxidation sites excluding steroid dienone is 4. The first-order valence-electron chi connectivity index (χ1n) is 10.7. The van der Waals surface area contributed by atoms with E-state index in [0.717, 1.165) is 42.0 Å². The summed E-state index contributed by atoms with van der Waals surface area (Å²) < 4.78 is 5.64. The Morgan fingerprint density at radius 1 is 1.17 bits per heavy atom. The van der Waals surface area contributed by atoms with Crippen molar-refractivity contribution in [2.75, 3.05) is 25.1 Å². The van der Waals surface area contributed by atoms with Gasteiger partial charge < -0.3 is 9.64 Å². The highest BCUT2D eigenvalue weighted by molar-refractivity contribution is 8.05. The van der Waals surface area contributed by atoms with E-state index < -0.39 is 0 Å². The van der Waals surface area contributed by atoms with Crippen LogP contribution in [0.2, 0.25) is 0 Å². The van der Waals surface area contributed by atoms with Gasteiger partial charge in [-0.25, -0.2) is 0 Å². The van der Waals surface area contributed by atoms with Gasteiger partial charge in [0.25, 0.3) is 0 Å². The van der Waals surface area contributed by atoms with Gasteiger partial charge in [-0.3, -0.25) is 4.79 Å². The summed E-state index contributed by atoms with van der Waals surface area (Å²) in [5, 5.41) is 0. The van der Waals surface area contributed by atoms with Gasteiger partial charge in [-0.05, 0) is 38.3 Å². The fourth-order valence-electron chi connectivity index (χ4n) is 3.35. The second-order valence-electron chi connectivity index (χ2n) is 7.68. The summed E-state index contributed by atoms with van der Waals surface area (Å²) in [5.41, 5.74) is 2.31. The number of anilines is 1. The van der Waals surface area contributed by atoms with Crippen molar-refractivity contribution >= 4 is 29.8 Å². The molecule has 0 saturated carbocycles. The van der Waals surface area contributed by atoms with Crippen molar-refractivity contribution < 1.29 is 9.53 Å². The van der Waals surface area contributed by atoms with Crippen LogP contribution in [0.25, 0.3) is 6.08 Å². The van der Waals surface area contributed by atoms with Crippen LogP contribution in [0.15, 0.2) is 47.4 Å². The molecule has 158 valence electrons. The Labute approximate surface area is 180 Å². The number of unbranched alkanes of at least 4 members (excludes halogenated alkanes) is 2. The summed E-state index contributed by atoms with van der Waals surface area (Å²) in [5.74, 6) is 0.900. The molecule has 0 saturated heterocycles. The Balaban J connectivity index is 2.08. The Bertz CT molecular complexity index is 745. The van der Waals surface area contributed by atoms with Crippen LogP contribution < -0.4 is 9.64 Å². The van der Waals surface area contributed by atoms with E-state index in [2.05, 4.69) is 62.1 Å². The van der Waals surface area contributed by atoms with Crippen LogP contribution in [-0.4, -0.2) is 31.2 Å². The zero-order chi connectivity index (χ0) is 21.1. The normalized spacial score (nSPS) is 19.1. The number of nitrogens with zero attached hydrogens (tertiary/aromatic N) is 1. The molecule has 0 bridgehead atoms. The van der Waals surface area contributed by atoms with E-state index in [1.54, 1.807) is 18.9 Å². The predicted octanol–water partition coefficient (Wildman–Crippen LogP) is 6.65. The zero-order valence-electron chi connectivity index (χ0n) is 18.3. The third-order valence-electron chi connectivity index (χ3n) is 5.16. The number of ether oxygens (including phenoxy) is 1. The zero-order valence-corrected chi connectivity index (χ0v) is 19.1. The van der Waals surface area contributed by atoms with Gasteiger partial charge in [-0.1, -0.05) is 57.1 Å². The molecule has 1 atom stereocenters. The number of aldehydes is 1. The maximum absolute atomic E-state index is 10.9. The van der Waals surface area contributed by atoms with Gasteiger partial charge >= 0.3 is 0 Å². The molecule has 1 aliphatic heterocycles. The number of methoxy groups -OCH3 is 1. The monoisotopic (exact) mass is 413 g/mol. The number of benzene rings is 1. The minimum Gasteiger partial charge on any atom is -0.496 e. The number of carbonyl (C=O) groups excluding carboxylic acids is 1. The lowest BCUT2D eigenvalue weighted by molar-refractivity contribution is -0.104. The average Bonchev–Trinajstić information content (AvgIpc) is 3.13. The molecular weight excluding hydrogens is 378 g/mol. The second-order valence-corrected chi connectivity index (χ2v) is 9.29. The fraction of sp³-hybridized carbons (Fsp3) is 0.480. The van der Waals surface area contributed by atoms with E-state index in [0.29, 0.717) is 0 Å². The van der Waals surface area contributed by atoms with E-state index in [1.807, 2.05) is 12.2 Å². The molecule has 3 nitrogen and oxygen atoms in total. The van der Waals surface area contributed by atoms with Crippen LogP contribution in [0, 0.1) is 0 Å². The number of hydrogen-bond donors (Lipinski definition) is 0. The minimum absolute atomic E-state index is 0.0341. The molecule has 1 aromatic rings. The van der Waals surface area contributed by atoms with Crippen molar-refractivity contribution in [3.8, 4) is 5.75 Å². The van der Waals surface area contributed by atoms with Crippen molar-refractivity contribution in [3.05, 3.63) is 53.0 Å². The fourth-order valence-corrected chi connectivity index (χ4v) is 4.42. The molecule has 0 aliphatic carbocycles. The third-order valence-corrected chi connectivity index (χ3v) is 6.42. The number of hydrogen-bond acceptors (Lipinski definition) is 4. The quantitative estimate of drug-likeness (QED) is 0.283. The molecule has 1 aromatic carbocycles. The number of thioether (sulfide) groups is 1. The topological polar surface area (TPSA) is 29.5 Å². The Kier molecular flexibility index (Phi) is 9.59. The van der Waals surface area contributed by atoms with E-state index in [9.17, 15) is 4.79 Å². The predicted molar refractivity (Wildman–Crippen MR) is 128 cm³/mol. The van der Waals surface area contributed by atoms with E-state index in [4.69, 9.17) is 4.74 Å². The van der Waals surface area contributed by atoms with Crippen molar-refractivity contribution in [1.82, 2.24) is 0 Å². The Hall–Kier alpha value is -1.94. The van der Waals surface area contributed by atoms with Crippen LogP contribution in [0.5, 0.6) is 5.75 Å². The molecule has 0 spiro atoms. The standard InChI is InChI=1S/C25H35NO2S/c1-5-7-17-26(18-8-6-2)22-13-12-21(24(19-22)28-4)11-9-10-15-25(3)16-14-23(20-27)29-25/h9-15,19-20H,5-8,16-18H2,1-4H3/b11-9+,15-10+. The molecule has 0 N–H and O–H groups in total. The van der Waals surface area contributed by atoms with Gasteiger partial charge in [-0.2, -0.15) is 0 Å². The first-order valence-corrected chi connectivity index (χ1v) is 11.5. The third kappa shape index (κ3) is 7.11. The summed E-state index contributed by atoms with van der Waals surface area (Å²) in [6.45, 7) is 8.81. The average molecular weight is 414 g/mol. The smallest absolute Gasteiger partial charge is 0.156 e. The second kappa shape index (κ2) is 11.9. The number of rotatable bonds is 12. The first kappa shape index (κ1) is 23.3. The summed E-state index contributed by atoms with van der Waals surface area (Å²) in [6.07, 6.45) is 17.0. The van der Waals surface area contributed by atoms with E-state index in [-0.39, 0.29) is 4.75 Å². The lowest BCUT2D eigenvalue weighted by Gasteiger charge is -2.25. The highest BCUT2D eigenvalue weighted by atomic mass is 32.2. The lowest BCUT2D eigenvalue weighted by Crippen LogP contribution is -2.25. The van der Waals surface area contributed by atoms with Gasteiger partial charge in [0, 0.05) is 40.1 Å². The van der Waals surface area contributed by atoms with Crippen LogP contribution >= 0.6 is 11.8 Å². The first-order chi connectivity index (χ1) is 14.0. The van der Waals surface area contributed by atoms with Crippen LogP contribution in [-0.2, 0) is 4.79 Å². The molecule has 1 aliphatic rings. The highest BCUT2D eigenvalue weighted by Crippen LogP contribution is 2.41. The van der Waals surface area contributed by atoms with Crippen molar-refractivity contribution in [2.45, 2.75) is 57.6 Å². The highest BCUT2D eigenvalue weighted by Gasteiger charge is 2.27.